The number of amides is 2. The molecule has 0 unspecified atom stereocenters. The van der Waals surface area contributed by atoms with Gasteiger partial charge in [0.25, 0.3) is 5.91 Å². The monoisotopic (exact) mass is 286 g/mol. The number of carbonyl (C=O) groups excluding carboxylic acids is 2. The van der Waals surface area contributed by atoms with E-state index in [1.165, 1.54) is 0 Å². The Hall–Kier alpha value is -1.84. The van der Waals surface area contributed by atoms with Crippen LogP contribution in [0.1, 0.15) is 49.5 Å². The highest BCUT2D eigenvalue weighted by molar-refractivity contribution is 6.03. The van der Waals surface area contributed by atoms with E-state index in [9.17, 15) is 9.59 Å². The van der Waals surface area contributed by atoms with Crippen molar-refractivity contribution in [2.75, 3.05) is 7.05 Å². The predicted octanol–water partition coefficient (Wildman–Crippen LogP) is 2.46. The third kappa shape index (κ3) is 1.81. The maximum atomic E-state index is 12.9. The van der Waals surface area contributed by atoms with Crippen LogP contribution in [0.15, 0.2) is 24.3 Å². The fourth-order valence-electron chi connectivity index (χ4n) is 3.88. The summed E-state index contributed by atoms with van der Waals surface area (Å²) in [7, 11) is 1.81. The number of rotatable bonds is 0. The molecule has 3 rings (SSSR count). The zero-order valence-corrected chi connectivity index (χ0v) is 13.3. The van der Waals surface area contributed by atoms with Gasteiger partial charge in [0, 0.05) is 23.9 Å². The van der Waals surface area contributed by atoms with Crippen molar-refractivity contribution >= 4 is 11.8 Å². The van der Waals surface area contributed by atoms with Crippen molar-refractivity contribution in [2.24, 2.45) is 5.41 Å². The van der Waals surface area contributed by atoms with Crippen molar-refractivity contribution in [2.45, 2.75) is 45.8 Å². The van der Waals surface area contributed by atoms with E-state index in [2.05, 4.69) is 20.8 Å². The second-order valence-electron chi connectivity index (χ2n) is 7.22. The Bertz CT molecular complexity index is 617. The Balaban J connectivity index is 2.17. The van der Waals surface area contributed by atoms with E-state index in [1.807, 2.05) is 31.2 Å². The van der Waals surface area contributed by atoms with Gasteiger partial charge in [0.2, 0.25) is 5.91 Å². The molecule has 112 valence electrons. The van der Waals surface area contributed by atoms with Gasteiger partial charge in [0.15, 0.2) is 0 Å². The smallest absolute Gasteiger partial charge is 0.256 e. The highest BCUT2D eigenvalue weighted by Crippen LogP contribution is 2.43. The van der Waals surface area contributed by atoms with Gasteiger partial charge in [-0.3, -0.25) is 9.59 Å². The summed E-state index contributed by atoms with van der Waals surface area (Å²) in [6.07, 6.45) is -0.196. The minimum Gasteiger partial charge on any atom is -0.323 e. The van der Waals surface area contributed by atoms with Crippen LogP contribution in [0.5, 0.6) is 0 Å². The van der Waals surface area contributed by atoms with Crippen molar-refractivity contribution in [3.05, 3.63) is 35.4 Å². The second-order valence-corrected chi connectivity index (χ2v) is 7.22. The second kappa shape index (κ2) is 4.33. The molecule has 0 bridgehead atoms. The Morgan fingerprint density at radius 1 is 1.10 bits per heavy atom. The normalized spacial score (nSPS) is 28.7. The number of benzene rings is 1. The highest BCUT2D eigenvalue weighted by Gasteiger charge is 2.55. The third-order valence-electron chi connectivity index (χ3n) is 4.70. The molecule has 0 radical (unpaired) electrons. The molecule has 21 heavy (non-hydrogen) atoms. The molecule has 2 aliphatic heterocycles. The first kappa shape index (κ1) is 14.1. The van der Waals surface area contributed by atoms with E-state index in [0.29, 0.717) is 0 Å². The van der Waals surface area contributed by atoms with Gasteiger partial charge in [0.05, 0.1) is 0 Å². The standard InChI is InChI=1S/C17H22N2O2/c1-10-11-8-6-7-9-12(11)14(20)19-13(10)15(21)18(5)16(19)17(2,3)4/h6-10,13,16H,1-5H3/t10-,13+,16+/m1/s1. The summed E-state index contributed by atoms with van der Waals surface area (Å²) in [5.41, 5.74) is 1.54. The van der Waals surface area contributed by atoms with Gasteiger partial charge in [-0.25, -0.2) is 0 Å². The van der Waals surface area contributed by atoms with Crippen LogP contribution in [0.2, 0.25) is 0 Å². The van der Waals surface area contributed by atoms with Crippen molar-refractivity contribution in [1.29, 1.82) is 0 Å². The summed E-state index contributed by atoms with van der Waals surface area (Å²) in [6, 6.07) is 7.28. The highest BCUT2D eigenvalue weighted by atomic mass is 16.2. The molecule has 0 saturated carbocycles. The van der Waals surface area contributed by atoms with E-state index in [4.69, 9.17) is 0 Å². The lowest BCUT2D eigenvalue weighted by atomic mass is 9.83. The number of hydrogen-bond acceptors (Lipinski definition) is 2. The molecule has 1 aromatic carbocycles. The van der Waals surface area contributed by atoms with Gasteiger partial charge in [-0.15, -0.1) is 0 Å². The Labute approximate surface area is 125 Å². The number of carbonyl (C=O) groups is 2. The third-order valence-corrected chi connectivity index (χ3v) is 4.70. The molecule has 0 aromatic heterocycles. The van der Waals surface area contributed by atoms with Gasteiger partial charge in [-0.2, -0.15) is 0 Å². The number of likely N-dealkylation sites (N-methyl/N-ethyl adjacent to an activating group) is 1. The number of fused-ring (bicyclic) bond motifs is 2. The topological polar surface area (TPSA) is 40.6 Å². The lowest BCUT2D eigenvalue weighted by Crippen LogP contribution is -2.53. The van der Waals surface area contributed by atoms with Crippen LogP contribution in [0.3, 0.4) is 0 Å². The van der Waals surface area contributed by atoms with Gasteiger partial charge >= 0.3 is 0 Å². The molecule has 1 fully saturated rings. The summed E-state index contributed by atoms with van der Waals surface area (Å²) in [5.74, 6) is 0.0535. The number of nitrogens with zero attached hydrogens (tertiary/aromatic N) is 2. The molecule has 2 amide bonds. The molecular weight excluding hydrogens is 264 g/mol. The SMILES string of the molecule is C[C@@H]1c2ccccc2C(=O)N2[C@@H]1C(=O)N(C)[C@@H]2C(C)(C)C. The van der Waals surface area contributed by atoms with Crippen LogP contribution >= 0.6 is 0 Å². The van der Waals surface area contributed by atoms with Crippen LogP contribution in [-0.2, 0) is 4.79 Å². The van der Waals surface area contributed by atoms with Crippen LogP contribution < -0.4 is 0 Å². The Kier molecular flexibility index (Phi) is 2.91. The lowest BCUT2D eigenvalue weighted by Gasteiger charge is -2.42. The summed E-state index contributed by atoms with van der Waals surface area (Å²) in [5, 5.41) is 0. The van der Waals surface area contributed by atoms with Gasteiger partial charge in [-0.05, 0) is 11.6 Å². The van der Waals surface area contributed by atoms with Crippen LogP contribution in [0.4, 0.5) is 0 Å². The van der Waals surface area contributed by atoms with Crippen LogP contribution in [0.25, 0.3) is 0 Å². The van der Waals surface area contributed by atoms with Crippen LogP contribution in [-0.4, -0.2) is 40.9 Å². The predicted molar refractivity (Wildman–Crippen MR) is 80.8 cm³/mol. The molecule has 1 aromatic rings. The lowest BCUT2D eigenvalue weighted by molar-refractivity contribution is -0.130. The van der Waals surface area contributed by atoms with E-state index in [-0.39, 0.29) is 35.4 Å². The summed E-state index contributed by atoms with van der Waals surface area (Å²) < 4.78 is 0. The van der Waals surface area contributed by atoms with E-state index >= 15 is 0 Å². The molecule has 0 N–H and O–H groups in total. The maximum absolute atomic E-state index is 12.9. The molecule has 4 nitrogen and oxygen atoms in total. The molecular formula is C17H22N2O2. The van der Waals surface area contributed by atoms with Crippen molar-refractivity contribution in [3.8, 4) is 0 Å². The van der Waals surface area contributed by atoms with Gasteiger partial charge in [0.1, 0.15) is 12.2 Å². The zero-order chi connectivity index (χ0) is 15.5. The summed E-state index contributed by atoms with van der Waals surface area (Å²) >= 11 is 0. The van der Waals surface area contributed by atoms with Crippen molar-refractivity contribution in [3.63, 3.8) is 0 Å². The molecule has 0 aliphatic carbocycles. The first-order chi connectivity index (χ1) is 9.75. The average Bonchev–Trinajstić information content (AvgIpc) is 2.69. The maximum Gasteiger partial charge on any atom is 0.256 e. The summed E-state index contributed by atoms with van der Waals surface area (Å²) in [4.78, 5) is 29.2. The quantitative estimate of drug-likeness (QED) is 0.735. The average molecular weight is 286 g/mol. The van der Waals surface area contributed by atoms with E-state index in [0.717, 1.165) is 11.1 Å². The first-order valence-electron chi connectivity index (χ1n) is 7.43. The molecule has 1 saturated heterocycles. The minimum absolute atomic E-state index is 0.0219. The summed E-state index contributed by atoms with van der Waals surface area (Å²) in [6.45, 7) is 8.26. The fraction of sp³-hybridized carbons (Fsp3) is 0.529. The van der Waals surface area contributed by atoms with E-state index in [1.54, 1.807) is 16.8 Å². The van der Waals surface area contributed by atoms with Gasteiger partial charge < -0.3 is 9.80 Å². The molecule has 4 heteroatoms. The van der Waals surface area contributed by atoms with Crippen LogP contribution in [0, 0.1) is 5.41 Å². The largest absolute Gasteiger partial charge is 0.323 e. The number of hydrogen-bond donors (Lipinski definition) is 0. The van der Waals surface area contributed by atoms with E-state index < -0.39 is 0 Å². The zero-order valence-electron chi connectivity index (χ0n) is 13.3. The van der Waals surface area contributed by atoms with Gasteiger partial charge in [-0.1, -0.05) is 45.9 Å². The minimum atomic E-state index is -0.373. The Morgan fingerprint density at radius 2 is 1.71 bits per heavy atom. The Morgan fingerprint density at radius 3 is 2.33 bits per heavy atom. The first-order valence-corrected chi connectivity index (χ1v) is 7.43. The van der Waals surface area contributed by atoms with Crippen molar-refractivity contribution < 1.29 is 9.59 Å². The fourth-order valence-corrected chi connectivity index (χ4v) is 3.88. The molecule has 2 heterocycles. The molecule has 3 atom stereocenters. The van der Waals surface area contributed by atoms with Crippen molar-refractivity contribution in [1.82, 2.24) is 9.80 Å². The molecule has 2 aliphatic rings. The molecule has 0 spiro atoms.